The van der Waals surface area contributed by atoms with E-state index in [1.165, 1.54) is 0 Å². The number of aromatic nitrogens is 1. The van der Waals surface area contributed by atoms with E-state index in [0.717, 1.165) is 12.1 Å². The predicted octanol–water partition coefficient (Wildman–Crippen LogP) is 1.26. The molecule has 2 N–H and O–H groups in total. The molecule has 0 saturated heterocycles. The molecular formula is C14H25N3O. The molecule has 0 amide bonds. The molecule has 4 heteroatoms. The van der Waals surface area contributed by atoms with E-state index in [1.807, 2.05) is 25.4 Å². The van der Waals surface area contributed by atoms with Gasteiger partial charge in [-0.15, -0.1) is 0 Å². The second-order valence-corrected chi connectivity index (χ2v) is 5.84. The second-order valence-electron chi connectivity index (χ2n) is 5.84. The highest BCUT2D eigenvalue weighted by atomic mass is 16.3. The van der Waals surface area contributed by atoms with Gasteiger partial charge in [0.05, 0.1) is 6.10 Å². The Morgan fingerprint density at radius 3 is 2.72 bits per heavy atom. The van der Waals surface area contributed by atoms with Crippen molar-refractivity contribution in [1.82, 2.24) is 15.2 Å². The van der Waals surface area contributed by atoms with E-state index in [9.17, 15) is 5.11 Å². The first-order valence-electron chi connectivity index (χ1n) is 6.37. The van der Waals surface area contributed by atoms with Crippen LogP contribution < -0.4 is 5.32 Å². The van der Waals surface area contributed by atoms with Crippen molar-refractivity contribution in [3.05, 3.63) is 30.1 Å². The summed E-state index contributed by atoms with van der Waals surface area (Å²) in [5.74, 6) is 0. The summed E-state index contributed by atoms with van der Waals surface area (Å²) in [5.41, 5.74) is 1.21. The Labute approximate surface area is 110 Å². The van der Waals surface area contributed by atoms with Crippen molar-refractivity contribution in [3.63, 3.8) is 0 Å². The average molecular weight is 251 g/mol. The van der Waals surface area contributed by atoms with E-state index in [-0.39, 0.29) is 11.6 Å². The highest BCUT2D eigenvalue weighted by molar-refractivity contribution is 5.07. The third-order valence-electron chi connectivity index (χ3n) is 2.57. The van der Waals surface area contributed by atoms with Crippen LogP contribution in [0.2, 0.25) is 0 Å². The molecule has 1 aromatic heterocycles. The molecule has 0 fully saturated rings. The zero-order valence-electron chi connectivity index (χ0n) is 11.8. The highest BCUT2D eigenvalue weighted by Crippen LogP contribution is 2.02. The van der Waals surface area contributed by atoms with E-state index in [0.29, 0.717) is 13.1 Å². The van der Waals surface area contributed by atoms with E-state index >= 15 is 0 Å². The summed E-state index contributed by atoms with van der Waals surface area (Å²) < 4.78 is 0. The van der Waals surface area contributed by atoms with Gasteiger partial charge in [-0.1, -0.05) is 6.07 Å². The van der Waals surface area contributed by atoms with E-state index in [1.54, 1.807) is 6.20 Å². The van der Waals surface area contributed by atoms with Gasteiger partial charge in [-0.2, -0.15) is 0 Å². The van der Waals surface area contributed by atoms with Crippen molar-refractivity contribution in [2.75, 3.05) is 20.1 Å². The van der Waals surface area contributed by atoms with Crippen LogP contribution in [0.4, 0.5) is 0 Å². The number of nitrogens with zero attached hydrogens (tertiary/aromatic N) is 2. The maximum Gasteiger partial charge on any atom is 0.0791 e. The summed E-state index contributed by atoms with van der Waals surface area (Å²) in [6.45, 7) is 8.36. The van der Waals surface area contributed by atoms with Crippen molar-refractivity contribution in [1.29, 1.82) is 0 Å². The summed E-state index contributed by atoms with van der Waals surface area (Å²) in [5, 5.41) is 13.2. The Morgan fingerprint density at radius 1 is 1.44 bits per heavy atom. The van der Waals surface area contributed by atoms with Crippen LogP contribution in [0.25, 0.3) is 0 Å². The van der Waals surface area contributed by atoms with Crippen LogP contribution in [0.1, 0.15) is 26.3 Å². The third kappa shape index (κ3) is 6.69. The van der Waals surface area contributed by atoms with Crippen molar-refractivity contribution in [2.24, 2.45) is 0 Å². The number of aliphatic hydroxyl groups excluding tert-OH is 1. The van der Waals surface area contributed by atoms with Crippen molar-refractivity contribution in [2.45, 2.75) is 39.0 Å². The van der Waals surface area contributed by atoms with Gasteiger partial charge in [0.15, 0.2) is 0 Å². The molecule has 0 aliphatic rings. The summed E-state index contributed by atoms with van der Waals surface area (Å²) in [6.07, 6.45) is 3.27. The fourth-order valence-electron chi connectivity index (χ4n) is 1.72. The molecule has 0 spiro atoms. The van der Waals surface area contributed by atoms with Crippen molar-refractivity contribution in [3.8, 4) is 0 Å². The molecule has 0 aliphatic heterocycles. The standard InChI is InChI=1S/C14H25N3O/c1-14(2,3)16-9-13(18)11-17(4)10-12-6-5-7-15-8-12/h5-8,13,16,18H,9-11H2,1-4H3. The lowest BCUT2D eigenvalue weighted by molar-refractivity contribution is 0.114. The normalized spacial score (nSPS) is 13.9. The Bertz CT molecular complexity index is 335. The van der Waals surface area contributed by atoms with Crippen LogP contribution >= 0.6 is 0 Å². The van der Waals surface area contributed by atoms with Crippen LogP contribution in [0.5, 0.6) is 0 Å². The Hall–Kier alpha value is -0.970. The number of nitrogens with one attached hydrogen (secondary N) is 1. The van der Waals surface area contributed by atoms with Gasteiger partial charge in [0.2, 0.25) is 0 Å². The fourth-order valence-corrected chi connectivity index (χ4v) is 1.72. The molecule has 102 valence electrons. The molecule has 1 unspecified atom stereocenters. The molecule has 1 atom stereocenters. The molecule has 0 aliphatic carbocycles. The van der Waals surface area contributed by atoms with Gasteiger partial charge in [-0.05, 0) is 39.4 Å². The summed E-state index contributed by atoms with van der Waals surface area (Å²) in [6, 6.07) is 3.98. The topological polar surface area (TPSA) is 48.4 Å². The molecule has 1 aromatic rings. The van der Waals surface area contributed by atoms with Gasteiger partial charge in [0, 0.05) is 37.6 Å². The molecule has 0 bridgehead atoms. The smallest absolute Gasteiger partial charge is 0.0791 e. The van der Waals surface area contributed by atoms with Crippen molar-refractivity contribution < 1.29 is 5.11 Å². The van der Waals surface area contributed by atoms with Crippen molar-refractivity contribution >= 4 is 0 Å². The van der Waals surface area contributed by atoms with Gasteiger partial charge in [-0.3, -0.25) is 9.88 Å². The highest BCUT2D eigenvalue weighted by Gasteiger charge is 2.13. The van der Waals surface area contributed by atoms with Gasteiger partial charge in [0.1, 0.15) is 0 Å². The Morgan fingerprint density at radius 2 is 2.17 bits per heavy atom. The first-order valence-corrected chi connectivity index (χ1v) is 6.37. The fraction of sp³-hybridized carbons (Fsp3) is 0.643. The van der Waals surface area contributed by atoms with Gasteiger partial charge in [0.25, 0.3) is 0 Å². The Balaban J connectivity index is 2.29. The van der Waals surface area contributed by atoms with Crippen LogP contribution in [0.3, 0.4) is 0 Å². The zero-order valence-corrected chi connectivity index (χ0v) is 11.8. The number of rotatable bonds is 6. The quantitative estimate of drug-likeness (QED) is 0.799. The summed E-state index contributed by atoms with van der Waals surface area (Å²) in [4.78, 5) is 6.19. The van der Waals surface area contributed by atoms with E-state index in [2.05, 4.69) is 36.0 Å². The van der Waals surface area contributed by atoms with E-state index < -0.39 is 0 Å². The lowest BCUT2D eigenvalue weighted by Crippen LogP contribution is -2.44. The van der Waals surface area contributed by atoms with Gasteiger partial charge < -0.3 is 10.4 Å². The first-order chi connectivity index (χ1) is 8.37. The average Bonchev–Trinajstić information content (AvgIpc) is 2.26. The van der Waals surface area contributed by atoms with Gasteiger partial charge >= 0.3 is 0 Å². The lowest BCUT2D eigenvalue weighted by atomic mass is 10.1. The molecule has 18 heavy (non-hydrogen) atoms. The van der Waals surface area contributed by atoms with Gasteiger partial charge in [-0.25, -0.2) is 0 Å². The summed E-state index contributed by atoms with van der Waals surface area (Å²) >= 11 is 0. The minimum Gasteiger partial charge on any atom is -0.390 e. The molecule has 1 heterocycles. The van der Waals surface area contributed by atoms with Crippen LogP contribution in [-0.2, 0) is 6.54 Å². The molecule has 4 nitrogen and oxygen atoms in total. The molecule has 0 saturated carbocycles. The maximum atomic E-state index is 9.94. The largest absolute Gasteiger partial charge is 0.390 e. The third-order valence-corrected chi connectivity index (χ3v) is 2.57. The number of pyridine rings is 1. The Kier molecular flexibility index (Phi) is 5.72. The molecule has 0 radical (unpaired) electrons. The minimum absolute atomic E-state index is 0.0445. The predicted molar refractivity (Wildman–Crippen MR) is 74.3 cm³/mol. The number of hydrogen-bond acceptors (Lipinski definition) is 4. The number of likely N-dealkylation sites (N-methyl/N-ethyl adjacent to an activating group) is 1. The number of β-amino-alcohol motifs (C(OH)–C–C–N with tert-alkyl or cyclic N) is 1. The molecule has 0 aromatic carbocycles. The zero-order chi connectivity index (χ0) is 13.6. The van der Waals surface area contributed by atoms with E-state index in [4.69, 9.17) is 0 Å². The summed E-state index contributed by atoms with van der Waals surface area (Å²) in [7, 11) is 2.01. The monoisotopic (exact) mass is 251 g/mol. The first kappa shape index (κ1) is 15.1. The van der Waals surface area contributed by atoms with Crippen LogP contribution in [0.15, 0.2) is 24.5 Å². The second kappa shape index (κ2) is 6.83. The van der Waals surface area contributed by atoms with Crippen LogP contribution in [0, 0.1) is 0 Å². The molecule has 1 rings (SSSR count). The number of hydrogen-bond donors (Lipinski definition) is 2. The molecular weight excluding hydrogens is 226 g/mol. The SMILES string of the molecule is CN(Cc1cccnc1)CC(O)CNC(C)(C)C. The minimum atomic E-state index is -0.356. The number of aliphatic hydroxyl groups is 1. The maximum absolute atomic E-state index is 9.94. The van der Waals surface area contributed by atoms with Crippen LogP contribution in [-0.4, -0.2) is 46.8 Å². The lowest BCUT2D eigenvalue weighted by Gasteiger charge is -2.25.